The lowest BCUT2D eigenvalue weighted by atomic mass is 10.0. The minimum absolute atomic E-state index is 0. The highest BCUT2D eigenvalue weighted by atomic mass is 35.5. The first-order valence-corrected chi connectivity index (χ1v) is 6.11. The monoisotopic (exact) mass is 332 g/mol. The number of carbonyl (C=O) groups is 2. The summed E-state index contributed by atoms with van der Waals surface area (Å²) in [6.07, 6.45) is 3.43. The van der Waals surface area contributed by atoms with Gasteiger partial charge in [-0.15, -0.1) is 24.0 Å². The maximum atomic E-state index is 10.6. The number of halogens is 2. The van der Waals surface area contributed by atoms with Gasteiger partial charge < -0.3 is 15.2 Å². The zero-order chi connectivity index (χ0) is 15.1. The molecular weight excluding hydrogens is 319 g/mol. The molecule has 0 aliphatic heterocycles. The summed E-state index contributed by atoms with van der Waals surface area (Å²) in [5.74, 6) is -0.935. The van der Waals surface area contributed by atoms with Gasteiger partial charge in [-0.2, -0.15) is 0 Å². The molecule has 1 aromatic heterocycles. The van der Waals surface area contributed by atoms with Gasteiger partial charge in [-0.3, -0.25) is 0 Å². The van der Waals surface area contributed by atoms with E-state index in [1.807, 2.05) is 0 Å². The molecule has 1 aromatic carbocycles. The molecule has 0 unspecified atom stereocenters. The van der Waals surface area contributed by atoms with Crippen LogP contribution in [0.1, 0.15) is 32.1 Å². The number of nitrogens with zero attached hydrogens (tertiary/aromatic N) is 1. The highest BCUT2D eigenvalue weighted by Gasteiger charge is 2.13. The van der Waals surface area contributed by atoms with E-state index in [2.05, 4.69) is 9.97 Å². The molecule has 114 valence electrons. The third kappa shape index (κ3) is 5.45. The number of hydrogen-bond donors (Lipinski definition) is 3. The van der Waals surface area contributed by atoms with E-state index in [-0.39, 0.29) is 29.1 Å². The first-order chi connectivity index (χ1) is 9.47. The van der Waals surface area contributed by atoms with Crippen LogP contribution in [-0.4, -0.2) is 32.1 Å². The van der Waals surface area contributed by atoms with E-state index in [1.54, 1.807) is 12.4 Å². The smallest absolute Gasteiger partial charge is 0.335 e. The van der Waals surface area contributed by atoms with Gasteiger partial charge in [0.15, 0.2) is 0 Å². The quantitative estimate of drug-likeness (QED) is 0.749. The van der Waals surface area contributed by atoms with Crippen LogP contribution in [0.3, 0.4) is 0 Å². The van der Waals surface area contributed by atoms with Crippen molar-refractivity contribution in [3.63, 3.8) is 0 Å². The lowest BCUT2D eigenvalue weighted by molar-refractivity contribution is 0.0696. The molecule has 21 heavy (non-hydrogen) atoms. The second kappa shape index (κ2) is 8.99. The Morgan fingerprint density at radius 2 is 1.76 bits per heavy atom. The van der Waals surface area contributed by atoms with E-state index in [4.69, 9.17) is 21.8 Å². The van der Waals surface area contributed by atoms with E-state index in [9.17, 15) is 9.59 Å². The molecule has 1 heterocycles. The van der Waals surface area contributed by atoms with Gasteiger partial charge in [-0.05, 0) is 24.6 Å². The van der Waals surface area contributed by atoms with E-state index < -0.39 is 11.9 Å². The molecule has 0 atom stereocenters. The predicted octanol–water partition coefficient (Wildman–Crippen LogP) is 2.96. The lowest BCUT2D eigenvalue weighted by Gasteiger charge is -2.03. The molecule has 0 saturated heterocycles. The van der Waals surface area contributed by atoms with Crippen molar-refractivity contribution in [3.8, 4) is 0 Å². The first-order valence-electron chi connectivity index (χ1n) is 5.57. The Kier molecular flexibility index (Phi) is 8.11. The number of rotatable bonds is 3. The van der Waals surface area contributed by atoms with Crippen molar-refractivity contribution in [1.82, 2.24) is 9.97 Å². The standard InChI is InChI=1S/C9H8O4.C4H5ClN2.ClH/c1-5-6(8(10)11)3-2-4-7(5)9(12)13;5-3-4-6-1-2-7-4;/h2-4H,1H3,(H,10,11)(H,12,13);1-2H,3H2,(H,6,7);1H. The molecule has 0 saturated carbocycles. The summed E-state index contributed by atoms with van der Waals surface area (Å²) in [5, 5.41) is 17.4. The number of carboxylic acids is 2. The minimum Gasteiger partial charge on any atom is -0.478 e. The Bertz CT molecular complexity index is 568. The predicted molar refractivity (Wildman–Crippen MR) is 80.5 cm³/mol. The molecule has 2 rings (SSSR count). The molecule has 0 aliphatic rings. The fourth-order valence-electron chi connectivity index (χ4n) is 1.47. The molecule has 0 spiro atoms. The van der Waals surface area contributed by atoms with Gasteiger partial charge in [0.25, 0.3) is 0 Å². The zero-order valence-electron chi connectivity index (χ0n) is 11.0. The molecule has 3 N–H and O–H groups in total. The summed E-state index contributed by atoms with van der Waals surface area (Å²) in [7, 11) is 0. The number of carboxylic acid groups (broad SMARTS) is 2. The number of hydrogen-bond acceptors (Lipinski definition) is 3. The summed E-state index contributed by atoms with van der Waals surface area (Å²) >= 11 is 5.37. The minimum atomic E-state index is -1.11. The van der Waals surface area contributed by atoms with Crippen LogP contribution in [-0.2, 0) is 5.88 Å². The van der Waals surface area contributed by atoms with Gasteiger partial charge in [0.05, 0.1) is 17.0 Å². The van der Waals surface area contributed by atoms with Crippen molar-refractivity contribution in [2.24, 2.45) is 0 Å². The average molecular weight is 333 g/mol. The van der Waals surface area contributed by atoms with Crippen LogP contribution in [0.15, 0.2) is 30.6 Å². The van der Waals surface area contributed by atoms with E-state index in [0.717, 1.165) is 5.82 Å². The highest BCUT2D eigenvalue weighted by molar-refractivity contribution is 6.16. The number of aromatic amines is 1. The van der Waals surface area contributed by atoms with Crippen molar-refractivity contribution in [2.45, 2.75) is 12.8 Å². The number of alkyl halides is 1. The van der Waals surface area contributed by atoms with Crippen LogP contribution in [0.25, 0.3) is 0 Å². The molecule has 2 aromatic rings. The van der Waals surface area contributed by atoms with Crippen molar-refractivity contribution in [1.29, 1.82) is 0 Å². The number of H-pyrrole nitrogens is 1. The molecule has 6 nitrogen and oxygen atoms in total. The van der Waals surface area contributed by atoms with E-state index in [0.29, 0.717) is 5.88 Å². The Labute approximate surface area is 132 Å². The Hall–Kier alpha value is -2.05. The van der Waals surface area contributed by atoms with Gasteiger partial charge in [0.1, 0.15) is 5.82 Å². The lowest BCUT2D eigenvalue weighted by Crippen LogP contribution is -2.06. The topological polar surface area (TPSA) is 103 Å². The van der Waals surface area contributed by atoms with Gasteiger partial charge in [0.2, 0.25) is 0 Å². The molecule has 0 radical (unpaired) electrons. The van der Waals surface area contributed by atoms with Crippen molar-refractivity contribution in [2.75, 3.05) is 0 Å². The van der Waals surface area contributed by atoms with Crippen molar-refractivity contribution in [3.05, 3.63) is 53.1 Å². The van der Waals surface area contributed by atoms with Crippen LogP contribution in [0, 0.1) is 6.92 Å². The van der Waals surface area contributed by atoms with Crippen LogP contribution in [0.4, 0.5) is 0 Å². The molecule has 0 aliphatic carbocycles. The average Bonchev–Trinajstić information content (AvgIpc) is 2.92. The summed E-state index contributed by atoms with van der Waals surface area (Å²) in [5.41, 5.74) is 0.335. The summed E-state index contributed by atoms with van der Waals surface area (Å²) < 4.78 is 0. The van der Waals surface area contributed by atoms with E-state index >= 15 is 0 Å². The van der Waals surface area contributed by atoms with Crippen molar-refractivity contribution >= 4 is 35.9 Å². The SMILES string of the molecule is Cc1c(C(=O)O)cccc1C(=O)O.Cl.ClCc1ncc[nH]1. The highest BCUT2D eigenvalue weighted by Crippen LogP contribution is 2.13. The van der Waals surface area contributed by atoms with Crippen molar-refractivity contribution < 1.29 is 19.8 Å². The number of aromatic carboxylic acids is 2. The Balaban J connectivity index is 0.000000425. The first kappa shape index (κ1) is 18.9. The number of nitrogens with one attached hydrogen (secondary N) is 1. The van der Waals surface area contributed by atoms with Gasteiger partial charge in [-0.1, -0.05) is 6.07 Å². The molecular formula is C13H14Cl2N2O4. The second-order valence-corrected chi connectivity index (χ2v) is 4.03. The zero-order valence-corrected chi connectivity index (χ0v) is 12.6. The fraction of sp³-hybridized carbons (Fsp3) is 0.154. The summed E-state index contributed by atoms with van der Waals surface area (Å²) in [6.45, 7) is 1.48. The summed E-state index contributed by atoms with van der Waals surface area (Å²) in [4.78, 5) is 27.9. The summed E-state index contributed by atoms with van der Waals surface area (Å²) in [6, 6.07) is 4.17. The maximum Gasteiger partial charge on any atom is 0.335 e. The molecule has 0 fully saturated rings. The number of imidazole rings is 1. The van der Waals surface area contributed by atoms with Crippen LogP contribution < -0.4 is 0 Å². The maximum absolute atomic E-state index is 10.6. The number of aromatic nitrogens is 2. The normalized spacial score (nSPS) is 9.05. The Morgan fingerprint density at radius 3 is 2.05 bits per heavy atom. The van der Waals surface area contributed by atoms with Gasteiger partial charge >= 0.3 is 11.9 Å². The van der Waals surface area contributed by atoms with Gasteiger partial charge in [0, 0.05) is 12.4 Å². The fourth-order valence-corrected chi connectivity index (χ4v) is 1.62. The second-order valence-electron chi connectivity index (χ2n) is 3.76. The third-order valence-corrected chi connectivity index (χ3v) is 2.73. The largest absolute Gasteiger partial charge is 0.478 e. The Morgan fingerprint density at radius 1 is 1.24 bits per heavy atom. The van der Waals surface area contributed by atoms with E-state index in [1.165, 1.54) is 25.1 Å². The van der Waals surface area contributed by atoms with Crippen LogP contribution in [0.2, 0.25) is 0 Å². The molecule has 0 bridgehead atoms. The van der Waals surface area contributed by atoms with Gasteiger partial charge in [-0.25, -0.2) is 14.6 Å². The molecule has 8 heteroatoms. The molecule has 0 amide bonds. The number of benzene rings is 1. The van der Waals surface area contributed by atoms with Crippen LogP contribution >= 0.6 is 24.0 Å². The third-order valence-electron chi connectivity index (χ3n) is 2.48. The van der Waals surface area contributed by atoms with Crippen LogP contribution in [0.5, 0.6) is 0 Å².